The van der Waals surface area contributed by atoms with E-state index in [-0.39, 0.29) is 5.41 Å². The molecule has 104 valence electrons. The van der Waals surface area contributed by atoms with Crippen molar-refractivity contribution in [2.24, 2.45) is 7.05 Å². The minimum absolute atomic E-state index is 0.298. The molecule has 21 heavy (non-hydrogen) atoms. The molecule has 2 heterocycles. The molecule has 1 aliphatic carbocycles. The SMILES string of the molecule is Cn1ccc(-n2ncc3ccc(C4(C#N)CCC4)cc32)n1. The van der Waals surface area contributed by atoms with Crippen LogP contribution in [0, 0.1) is 11.3 Å². The van der Waals surface area contributed by atoms with Gasteiger partial charge < -0.3 is 0 Å². The van der Waals surface area contributed by atoms with Gasteiger partial charge in [-0.1, -0.05) is 12.1 Å². The largest absolute Gasteiger partial charge is 0.274 e. The Hall–Kier alpha value is -2.61. The molecule has 0 bridgehead atoms. The van der Waals surface area contributed by atoms with Crippen LogP contribution in [0.25, 0.3) is 16.7 Å². The zero-order valence-corrected chi connectivity index (χ0v) is 11.8. The minimum atomic E-state index is -0.298. The van der Waals surface area contributed by atoms with Crippen LogP contribution in [-0.2, 0) is 12.5 Å². The highest BCUT2D eigenvalue weighted by Gasteiger charge is 2.39. The van der Waals surface area contributed by atoms with Crippen molar-refractivity contribution in [3.05, 3.63) is 42.2 Å². The molecule has 0 N–H and O–H groups in total. The van der Waals surface area contributed by atoms with Crippen LogP contribution in [-0.4, -0.2) is 19.6 Å². The molecule has 1 aromatic carbocycles. The van der Waals surface area contributed by atoms with Crippen molar-refractivity contribution in [1.29, 1.82) is 5.26 Å². The Balaban J connectivity index is 1.89. The molecule has 1 fully saturated rings. The predicted octanol–water partition coefficient (Wildman–Crippen LogP) is 2.70. The van der Waals surface area contributed by atoms with Crippen molar-refractivity contribution in [1.82, 2.24) is 19.6 Å². The van der Waals surface area contributed by atoms with E-state index >= 15 is 0 Å². The van der Waals surface area contributed by atoms with Gasteiger partial charge in [0.25, 0.3) is 0 Å². The van der Waals surface area contributed by atoms with Gasteiger partial charge in [-0.25, -0.2) is 4.68 Å². The lowest BCUT2D eigenvalue weighted by Crippen LogP contribution is -2.32. The molecule has 0 unspecified atom stereocenters. The highest BCUT2D eigenvalue weighted by atomic mass is 15.4. The molecule has 1 saturated carbocycles. The number of fused-ring (bicyclic) bond motifs is 1. The van der Waals surface area contributed by atoms with Crippen LogP contribution in [0.15, 0.2) is 36.7 Å². The summed E-state index contributed by atoms with van der Waals surface area (Å²) in [6.45, 7) is 0. The molecule has 5 nitrogen and oxygen atoms in total. The van der Waals surface area contributed by atoms with Crippen LogP contribution < -0.4 is 0 Å². The van der Waals surface area contributed by atoms with Gasteiger partial charge in [-0.15, -0.1) is 0 Å². The fourth-order valence-electron chi connectivity index (χ4n) is 3.01. The van der Waals surface area contributed by atoms with Crippen molar-refractivity contribution >= 4 is 10.9 Å². The maximum Gasteiger partial charge on any atom is 0.175 e. The van der Waals surface area contributed by atoms with Gasteiger partial charge in [0.1, 0.15) is 0 Å². The quantitative estimate of drug-likeness (QED) is 0.723. The number of aryl methyl sites for hydroxylation is 1. The van der Waals surface area contributed by atoms with E-state index in [9.17, 15) is 5.26 Å². The Morgan fingerprint density at radius 3 is 2.76 bits per heavy atom. The fraction of sp³-hybridized carbons (Fsp3) is 0.312. The highest BCUT2D eigenvalue weighted by Crippen LogP contribution is 2.43. The summed E-state index contributed by atoms with van der Waals surface area (Å²) in [5, 5.41) is 19.4. The number of benzene rings is 1. The number of nitrogens with zero attached hydrogens (tertiary/aromatic N) is 5. The second kappa shape index (κ2) is 4.19. The maximum absolute atomic E-state index is 9.51. The highest BCUT2D eigenvalue weighted by molar-refractivity contribution is 5.81. The van der Waals surface area contributed by atoms with Gasteiger partial charge in [0, 0.05) is 24.7 Å². The Bertz CT molecular complexity index is 860. The van der Waals surface area contributed by atoms with E-state index in [1.165, 1.54) is 0 Å². The van der Waals surface area contributed by atoms with Crippen LogP contribution in [0.2, 0.25) is 0 Å². The third kappa shape index (κ3) is 1.69. The van der Waals surface area contributed by atoms with Gasteiger partial charge in [0.2, 0.25) is 0 Å². The summed E-state index contributed by atoms with van der Waals surface area (Å²) in [4.78, 5) is 0. The minimum Gasteiger partial charge on any atom is -0.274 e. The van der Waals surface area contributed by atoms with Gasteiger partial charge in [-0.3, -0.25) is 4.68 Å². The smallest absolute Gasteiger partial charge is 0.175 e. The number of aromatic nitrogens is 4. The lowest BCUT2D eigenvalue weighted by molar-refractivity contribution is 0.324. The van der Waals surface area contributed by atoms with Gasteiger partial charge in [-0.05, 0) is 30.9 Å². The zero-order chi connectivity index (χ0) is 14.4. The molecule has 0 atom stereocenters. The van der Waals surface area contributed by atoms with Gasteiger partial charge >= 0.3 is 0 Å². The van der Waals surface area contributed by atoms with Crippen LogP contribution in [0.5, 0.6) is 0 Å². The van der Waals surface area contributed by atoms with Gasteiger partial charge in [0.05, 0.1) is 23.2 Å². The Morgan fingerprint density at radius 1 is 1.29 bits per heavy atom. The molecular weight excluding hydrogens is 262 g/mol. The molecule has 0 saturated heterocycles. The van der Waals surface area contributed by atoms with Crippen molar-refractivity contribution in [2.45, 2.75) is 24.7 Å². The predicted molar refractivity (Wildman–Crippen MR) is 79.0 cm³/mol. The van der Waals surface area contributed by atoms with Crippen molar-refractivity contribution < 1.29 is 0 Å². The van der Waals surface area contributed by atoms with Crippen LogP contribution in [0.1, 0.15) is 24.8 Å². The van der Waals surface area contributed by atoms with E-state index in [4.69, 9.17) is 0 Å². The topological polar surface area (TPSA) is 59.4 Å². The Kier molecular flexibility index (Phi) is 2.43. The molecule has 0 spiro atoms. The lowest BCUT2D eigenvalue weighted by Gasteiger charge is -2.35. The summed E-state index contributed by atoms with van der Waals surface area (Å²) in [6, 6.07) is 10.6. The summed E-state index contributed by atoms with van der Waals surface area (Å²) in [5.74, 6) is 0.796. The van der Waals surface area contributed by atoms with E-state index in [1.807, 2.05) is 30.2 Å². The number of rotatable bonds is 2. The normalized spacial score (nSPS) is 16.6. The first-order valence-electron chi connectivity index (χ1n) is 7.11. The molecule has 2 aromatic heterocycles. The van der Waals surface area contributed by atoms with Crippen molar-refractivity contribution in [3.8, 4) is 11.9 Å². The monoisotopic (exact) mass is 277 g/mol. The second-order valence-electron chi connectivity index (χ2n) is 5.73. The third-order valence-electron chi connectivity index (χ3n) is 4.46. The molecule has 4 rings (SSSR count). The van der Waals surface area contributed by atoms with Crippen molar-refractivity contribution in [2.75, 3.05) is 0 Å². The average Bonchev–Trinajstić information content (AvgIpc) is 3.03. The fourth-order valence-corrected chi connectivity index (χ4v) is 3.01. The van der Waals surface area contributed by atoms with Crippen LogP contribution in [0.3, 0.4) is 0 Å². The first-order valence-corrected chi connectivity index (χ1v) is 7.11. The zero-order valence-electron chi connectivity index (χ0n) is 11.8. The van der Waals surface area contributed by atoms with Crippen LogP contribution >= 0.6 is 0 Å². The molecule has 0 amide bonds. The summed E-state index contributed by atoms with van der Waals surface area (Å²) in [6.07, 6.45) is 6.77. The first-order chi connectivity index (χ1) is 10.2. The Labute approximate surface area is 122 Å². The Morgan fingerprint density at radius 2 is 2.14 bits per heavy atom. The standard InChI is InChI=1S/C16H15N5/c1-20-8-5-15(19-20)21-14-9-13(4-3-12(14)10-18-21)16(11-17)6-2-7-16/h3-5,8-10H,2,6-7H2,1H3. The summed E-state index contributed by atoms with van der Waals surface area (Å²) in [5.41, 5.74) is 1.81. The number of hydrogen-bond donors (Lipinski definition) is 0. The third-order valence-corrected chi connectivity index (χ3v) is 4.46. The summed E-state index contributed by atoms with van der Waals surface area (Å²) < 4.78 is 3.60. The molecular formula is C16H15N5. The van der Waals surface area contributed by atoms with E-state index in [0.29, 0.717) is 0 Å². The van der Waals surface area contributed by atoms with Gasteiger partial charge in [-0.2, -0.15) is 15.5 Å². The van der Waals surface area contributed by atoms with E-state index < -0.39 is 0 Å². The molecule has 5 heteroatoms. The first kappa shape index (κ1) is 12.2. The number of hydrogen-bond acceptors (Lipinski definition) is 3. The molecule has 3 aromatic rings. The second-order valence-corrected chi connectivity index (χ2v) is 5.73. The molecule has 0 aliphatic heterocycles. The molecule has 0 radical (unpaired) electrons. The lowest BCUT2D eigenvalue weighted by atomic mass is 9.65. The summed E-state index contributed by atoms with van der Waals surface area (Å²) in [7, 11) is 1.89. The molecule has 1 aliphatic rings. The van der Waals surface area contributed by atoms with E-state index in [1.54, 1.807) is 4.68 Å². The van der Waals surface area contributed by atoms with E-state index in [2.05, 4.69) is 34.5 Å². The average molecular weight is 277 g/mol. The number of nitriles is 1. The van der Waals surface area contributed by atoms with Crippen molar-refractivity contribution in [3.63, 3.8) is 0 Å². The van der Waals surface area contributed by atoms with Gasteiger partial charge in [0.15, 0.2) is 5.82 Å². The maximum atomic E-state index is 9.51. The summed E-state index contributed by atoms with van der Waals surface area (Å²) >= 11 is 0. The van der Waals surface area contributed by atoms with Crippen LogP contribution in [0.4, 0.5) is 0 Å². The van der Waals surface area contributed by atoms with E-state index in [0.717, 1.165) is 41.5 Å².